The van der Waals surface area contributed by atoms with Gasteiger partial charge in [-0.25, -0.2) is 4.68 Å². The van der Waals surface area contributed by atoms with Crippen molar-refractivity contribution in [3.8, 4) is 11.4 Å². The van der Waals surface area contributed by atoms with Crippen molar-refractivity contribution in [2.24, 2.45) is 0 Å². The number of hydrogen-bond donors (Lipinski definition) is 1. The lowest BCUT2D eigenvalue weighted by Crippen LogP contribution is -2.26. The predicted octanol–water partition coefficient (Wildman–Crippen LogP) is 3.73. The van der Waals surface area contributed by atoms with Gasteiger partial charge in [0, 0.05) is 22.9 Å². The quantitative estimate of drug-likeness (QED) is 0.511. The maximum absolute atomic E-state index is 11.9. The van der Waals surface area contributed by atoms with Crippen LogP contribution in [0.25, 0.3) is 11.8 Å². The molecule has 1 aromatic heterocycles. The van der Waals surface area contributed by atoms with E-state index in [0.717, 1.165) is 11.3 Å². The molecule has 3 rings (SSSR count). The van der Waals surface area contributed by atoms with Crippen molar-refractivity contribution < 1.29 is 9.53 Å². The lowest BCUT2D eigenvalue weighted by atomic mass is 10.3. The second kappa shape index (κ2) is 8.87. The Labute approximate surface area is 156 Å². The molecule has 0 saturated heterocycles. The Morgan fingerprint density at radius 1 is 1.15 bits per heavy atom. The molecule has 1 amide bonds. The number of carbonyl (C=O) groups excluding carboxylic acids is 1. The number of rotatable bonds is 7. The summed E-state index contributed by atoms with van der Waals surface area (Å²) in [7, 11) is 0. The maximum Gasteiger partial charge on any atom is 0.244 e. The molecule has 0 aliphatic rings. The van der Waals surface area contributed by atoms with Gasteiger partial charge in [0.25, 0.3) is 0 Å². The monoisotopic (exact) mass is 367 g/mol. The average molecular weight is 368 g/mol. The highest BCUT2D eigenvalue weighted by atomic mass is 35.5. The number of carbonyl (C=O) groups is 1. The summed E-state index contributed by atoms with van der Waals surface area (Å²) in [6, 6.07) is 16.9. The molecule has 26 heavy (non-hydrogen) atoms. The molecule has 132 valence electrons. The van der Waals surface area contributed by atoms with Gasteiger partial charge in [0.2, 0.25) is 5.91 Å². The van der Waals surface area contributed by atoms with E-state index in [0.29, 0.717) is 23.9 Å². The molecule has 0 aliphatic carbocycles. The number of nitrogens with zero attached hydrogens (tertiary/aromatic N) is 2. The zero-order valence-electron chi connectivity index (χ0n) is 14.0. The fourth-order valence-corrected chi connectivity index (χ4v) is 2.38. The summed E-state index contributed by atoms with van der Waals surface area (Å²) < 4.78 is 7.28. The molecule has 5 nitrogen and oxygen atoms in total. The third-order valence-electron chi connectivity index (χ3n) is 3.53. The minimum Gasteiger partial charge on any atom is -0.492 e. The summed E-state index contributed by atoms with van der Waals surface area (Å²) in [5, 5.41) is 7.71. The Balaban J connectivity index is 1.43. The molecule has 0 aliphatic heterocycles. The molecule has 6 heteroatoms. The Kier molecular flexibility index (Phi) is 6.06. The number of para-hydroxylation sites is 1. The number of nitrogens with one attached hydrogen (secondary N) is 1. The molecule has 0 fully saturated rings. The average Bonchev–Trinajstić information content (AvgIpc) is 3.15. The van der Waals surface area contributed by atoms with Crippen molar-refractivity contribution in [1.29, 1.82) is 0 Å². The first-order valence-electron chi connectivity index (χ1n) is 8.15. The van der Waals surface area contributed by atoms with Gasteiger partial charge in [0.05, 0.1) is 18.4 Å². The molecule has 0 saturated carbocycles. The fraction of sp³-hybridized carbons (Fsp3) is 0.100. The summed E-state index contributed by atoms with van der Waals surface area (Å²) in [5.41, 5.74) is 1.82. The number of aromatic nitrogens is 2. The molecular formula is C20H18ClN3O2. The lowest BCUT2D eigenvalue weighted by molar-refractivity contribution is -0.116. The minimum absolute atomic E-state index is 0.183. The largest absolute Gasteiger partial charge is 0.492 e. The van der Waals surface area contributed by atoms with Gasteiger partial charge < -0.3 is 10.1 Å². The van der Waals surface area contributed by atoms with Crippen molar-refractivity contribution in [2.45, 2.75) is 0 Å². The number of halogens is 1. The van der Waals surface area contributed by atoms with E-state index in [9.17, 15) is 4.79 Å². The second-order valence-corrected chi connectivity index (χ2v) is 5.92. The van der Waals surface area contributed by atoms with Crippen LogP contribution in [0.1, 0.15) is 5.56 Å². The van der Waals surface area contributed by atoms with Crippen LogP contribution < -0.4 is 10.1 Å². The summed E-state index contributed by atoms with van der Waals surface area (Å²) in [4.78, 5) is 11.9. The molecule has 0 unspecified atom stereocenters. The van der Waals surface area contributed by atoms with Gasteiger partial charge in [-0.05, 0) is 42.5 Å². The van der Waals surface area contributed by atoms with Crippen molar-refractivity contribution in [3.05, 3.63) is 83.7 Å². The topological polar surface area (TPSA) is 56.2 Å². The van der Waals surface area contributed by atoms with Gasteiger partial charge in [-0.3, -0.25) is 4.79 Å². The van der Waals surface area contributed by atoms with Crippen LogP contribution in [-0.2, 0) is 4.79 Å². The van der Waals surface area contributed by atoms with Gasteiger partial charge in [-0.15, -0.1) is 0 Å². The van der Waals surface area contributed by atoms with E-state index in [-0.39, 0.29) is 5.91 Å². The molecule has 1 N–H and O–H groups in total. The lowest BCUT2D eigenvalue weighted by Gasteiger charge is -2.06. The second-order valence-electron chi connectivity index (χ2n) is 5.48. The van der Waals surface area contributed by atoms with E-state index in [1.165, 1.54) is 6.08 Å². The van der Waals surface area contributed by atoms with Crippen LogP contribution in [0.2, 0.25) is 5.02 Å². The summed E-state index contributed by atoms with van der Waals surface area (Å²) in [6.07, 6.45) is 6.78. The van der Waals surface area contributed by atoms with Crippen LogP contribution in [0.15, 0.2) is 73.1 Å². The zero-order chi connectivity index (χ0) is 18.2. The molecule has 0 radical (unpaired) electrons. The highest BCUT2D eigenvalue weighted by molar-refractivity contribution is 6.30. The highest BCUT2D eigenvalue weighted by Gasteiger charge is 2.00. The Morgan fingerprint density at radius 2 is 1.92 bits per heavy atom. The third kappa shape index (κ3) is 5.22. The van der Waals surface area contributed by atoms with Crippen molar-refractivity contribution in [3.63, 3.8) is 0 Å². The van der Waals surface area contributed by atoms with E-state index in [4.69, 9.17) is 16.3 Å². The van der Waals surface area contributed by atoms with Crippen LogP contribution in [0.4, 0.5) is 0 Å². The molecule has 2 aromatic carbocycles. The molecular weight excluding hydrogens is 350 g/mol. The van der Waals surface area contributed by atoms with Crippen LogP contribution in [0.3, 0.4) is 0 Å². The van der Waals surface area contributed by atoms with E-state index in [2.05, 4.69) is 10.4 Å². The Bertz CT molecular complexity index is 874. The first-order valence-corrected chi connectivity index (χ1v) is 8.53. The van der Waals surface area contributed by atoms with Crippen molar-refractivity contribution in [2.75, 3.05) is 13.2 Å². The van der Waals surface area contributed by atoms with Crippen LogP contribution in [-0.4, -0.2) is 28.8 Å². The zero-order valence-corrected chi connectivity index (χ0v) is 14.8. The van der Waals surface area contributed by atoms with Gasteiger partial charge in [0.15, 0.2) is 0 Å². The molecule has 1 heterocycles. The van der Waals surface area contributed by atoms with Crippen LogP contribution in [0, 0.1) is 0 Å². The standard InChI is InChI=1S/C20H18ClN3O2/c21-17-7-9-19(10-8-17)26-13-12-22-20(25)11-6-16-14-23-24(15-16)18-4-2-1-3-5-18/h1-11,14-15H,12-13H2,(H,22,25)/b11-6+. The first-order chi connectivity index (χ1) is 12.7. The van der Waals surface area contributed by atoms with E-state index in [1.807, 2.05) is 36.5 Å². The summed E-state index contributed by atoms with van der Waals surface area (Å²) in [5.74, 6) is 0.532. The number of amides is 1. The molecule has 0 spiro atoms. The fourth-order valence-electron chi connectivity index (χ4n) is 2.25. The third-order valence-corrected chi connectivity index (χ3v) is 3.79. The number of hydrogen-bond acceptors (Lipinski definition) is 3. The summed E-state index contributed by atoms with van der Waals surface area (Å²) >= 11 is 5.81. The van der Waals surface area contributed by atoms with E-state index in [1.54, 1.807) is 41.2 Å². The normalized spacial score (nSPS) is 10.8. The molecule has 0 bridgehead atoms. The van der Waals surface area contributed by atoms with Gasteiger partial charge >= 0.3 is 0 Å². The number of benzene rings is 2. The minimum atomic E-state index is -0.183. The summed E-state index contributed by atoms with van der Waals surface area (Å²) in [6.45, 7) is 0.794. The Hall–Kier alpha value is -3.05. The van der Waals surface area contributed by atoms with E-state index >= 15 is 0 Å². The highest BCUT2D eigenvalue weighted by Crippen LogP contribution is 2.15. The van der Waals surface area contributed by atoms with Crippen LogP contribution in [0.5, 0.6) is 5.75 Å². The maximum atomic E-state index is 11.9. The number of ether oxygens (including phenoxy) is 1. The van der Waals surface area contributed by atoms with Crippen molar-refractivity contribution in [1.82, 2.24) is 15.1 Å². The van der Waals surface area contributed by atoms with Gasteiger partial charge in [0.1, 0.15) is 12.4 Å². The predicted molar refractivity (Wildman–Crippen MR) is 103 cm³/mol. The first kappa shape index (κ1) is 17.8. The van der Waals surface area contributed by atoms with Gasteiger partial charge in [-0.2, -0.15) is 5.10 Å². The Morgan fingerprint density at radius 3 is 2.69 bits per heavy atom. The van der Waals surface area contributed by atoms with E-state index < -0.39 is 0 Å². The smallest absolute Gasteiger partial charge is 0.244 e. The van der Waals surface area contributed by atoms with Crippen LogP contribution >= 0.6 is 11.6 Å². The van der Waals surface area contributed by atoms with Gasteiger partial charge in [-0.1, -0.05) is 29.8 Å². The SMILES string of the molecule is O=C(/C=C/c1cnn(-c2ccccc2)c1)NCCOc1ccc(Cl)cc1. The molecule has 3 aromatic rings. The molecule has 0 atom stereocenters. The van der Waals surface area contributed by atoms with Crippen molar-refractivity contribution >= 4 is 23.6 Å².